The molecule has 4 rings (SSSR count). The van der Waals surface area contributed by atoms with E-state index in [0.717, 1.165) is 27.3 Å². The van der Waals surface area contributed by atoms with Gasteiger partial charge in [-0.05, 0) is 29.8 Å². The minimum absolute atomic E-state index is 0.457. The van der Waals surface area contributed by atoms with Gasteiger partial charge in [0, 0.05) is 17.7 Å². The maximum atomic E-state index is 11.4. The Hall–Kier alpha value is -2.73. The maximum absolute atomic E-state index is 11.4. The summed E-state index contributed by atoms with van der Waals surface area (Å²) in [5.41, 5.74) is 4.05. The summed E-state index contributed by atoms with van der Waals surface area (Å²) in [6.07, 6.45) is 5.11. The van der Waals surface area contributed by atoms with Crippen LogP contribution in [0.25, 0.3) is 20.8 Å². The molecule has 1 unspecified atom stereocenters. The molecule has 27 heavy (non-hydrogen) atoms. The summed E-state index contributed by atoms with van der Waals surface area (Å²) in [4.78, 5) is 23.1. The number of carbonyl (C=O) groups is 1. The molecule has 0 spiro atoms. The Labute approximate surface area is 161 Å². The predicted octanol–water partition coefficient (Wildman–Crippen LogP) is 4.29. The van der Waals surface area contributed by atoms with Crippen LogP contribution in [0.2, 0.25) is 0 Å². The number of carbonyl (C=O) groups excluding carboxylic acids is 1. The first-order chi connectivity index (χ1) is 13.2. The van der Waals surface area contributed by atoms with Crippen LogP contribution in [0.15, 0.2) is 72.6 Å². The Morgan fingerprint density at radius 1 is 1.15 bits per heavy atom. The lowest BCUT2D eigenvalue weighted by molar-refractivity contribution is 0.189. The normalized spacial score (nSPS) is 13.5. The van der Waals surface area contributed by atoms with Crippen LogP contribution in [-0.2, 0) is 15.7 Å². The SMILES string of the molecule is O=C1NC(Cc2ccc(-c3nc4ccccc4s3)cc2)=CC=CO1.O=[PH2]O. The van der Waals surface area contributed by atoms with E-state index in [4.69, 9.17) is 14.2 Å². The van der Waals surface area contributed by atoms with Gasteiger partial charge in [-0.1, -0.05) is 36.4 Å². The monoisotopic (exact) mass is 400 g/mol. The number of hydrogen-bond acceptors (Lipinski definition) is 5. The highest BCUT2D eigenvalue weighted by molar-refractivity contribution is 7.21. The number of cyclic esters (lactones) is 1. The number of para-hydroxylation sites is 1. The molecular formula is C19H17N2O4PS. The van der Waals surface area contributed by atoms with Crippen LogP contribution in [0.4, 0.5) is 4.79 Å². The van der Waals surface area contributed by atoms with Gasteiger partial charge in [-0.3, -0.25) is 9.88 Å². The van der Waals surface area contributed by atoms with Gasteiger partial charge in [-0.15, -0.1) is 11.3 Å². The minimum atomic E-state index is -1.50. The third kappa shape index (κ3) is 5.14. The van der Waals surface area contributed by atoms with Crippen LogP contribution < -0.4 is 5.32 Å². The number of aromatic nitrogens is 1. The van der Waals surface area contributed by atoms with Gasteiger partial charge < -0.3 is 9.63 Å². The van der Waals surface area contributed by atoms with Gasteiger partial charge in [-0.2, -0.15) is 0 Å². The summed E-state index contributed by atoms with van der Waals surface area (Å²) in [6, 6.07) is 16.4. The third-order valence-electron chi connectivity index (χ3n) is 3.70. The number of hydrogen-bond donors (Lipinski definition) is 2. The van der Waals surface area contributed by atoms with Gasteiger partial charge in [0.1, 0.15) is 5.01 Å². The van der Waals surface area contributed by atoms with Gasteiger partial charge in [-0.25, -0.2) is 9.78 Å². The molecule has 138 valence electrons. The summed E-state index contributed by atoms with van der Waals surface area (Å²) in [5, 5.41) is 3.73. The highest BCUT2D eigenvalue weighted by atomic mass is 32.1. The van der Waals surface area contributed by atoms with Gasteiger partial charge in [0.05, 0.1) is 16.5 Å². The van der Waals surface area contributed by atoms with Gasteiger partial charge in [0.25, 0.3) is 0 Å². The maximum Gasteiger partial charge on any atom is 0.416 e. The molecule has 2 N–H and O–H groups in total. The molecule has 1 aromatic heterocycles. The largest absolute Gasteiger partial charge is 0.418 e. The molecule has 0 saturated heterocycles. The van der Waals surface area contributed by atoms with Gasteiger partial charge in [0.15, 0.2) is 8.69 Å². The van der Waals surface area contributed by atoms with E-state index in [1.807, 2.05) is 24.3 Å². The first-order valence-corrected chi connectivity index (χ1v) is 9.86. The first-order valence-electron chi connectivity index (χ1n) is 8.05. The second kappa shape index (κ2) is 9.28. The fourth-order valence-corrected chi connectivity index (χ4v) is 3.51. The van der Waals surface area contributed by atoms with Crippen LogP contribution in [0.3, 0.4) is 0 Å². The van der Waals surface area contributed by atoms with Crippen LogP contribution in [-0.4, -0.2) is 16.0 Å². The Morgan fingerprint density at radius 3 is 2.63 bits per heavy atom. The summed E-state index contributed by atoms with van der Waals surface area (Å²) >= 11 is 1.69. The summed E-state index contributed by atoms with van der Waals surface area (Å²) in [6.45, 7) is 0. The first kappa shape index (κ1) is 19.0. The lowest BCUT2D eigenvalue weighted by Crippen LogP contribution is -2.22. The summed E-state index contributed by atoms with van der Waals surface area (Å²) in [5.74, 6) is 0. The average molecular weight is 400 g/mol. The Kier molecular flexibility index (Phi) is 6.54. The van der Waals surface area contributed by atoms with Crippen molar-refractivity contribution >= 4 is 36.3 Å². The van der Waals surface area contributed by atoms with Crippen molar-refractivity contribution in [2.45, 2.75) is 6.42 Å². The highest BCUT2D eigenvalue weighted by Gasteiger charge is 2.09. The molecule has 2 aromatic carbocycles. The fourth-order valence-electron chi connectivity index (χ4n) is 2.54. The molecule has 1 amide bonds. The minimum Gasteiger partial charge on any atom is -0.418 e. The second-order valence-electron chi connectivity index (χ2n) is 5.52. The molecule has 1 aliphatic heterocycles. The van der Waals surface area contributed by atoms with Crippen molar-refractivity contribution in [1.82, 2.24) is 10.3 Å². The van der Waals surface area contributed by atoms with E-state index in [1.165, 1.54) is 11.0 Å². The molecule has 0 aliphatic carbocycles. The second-order valence-corrected chi connectivity index (χ2v) is 6.76. The molecule has 0 saturated carbocycles. The van der Waals surface area contributed by atoms with E-state index in [-0.39, 0.29) is 0 Å². The van der Waals surface area contributed by atoms with Crippen LogP contribution in [0.5, 0.6) is 0 Å². The summed E-state index contributed by atoms with van der Waals surface area (Å²) in [7, 11) is -1.50. The lowest BCUT2D eigenvalue weighted by Gasteiger charge is -2.07. The van der Waals surface area contributed by atoms with Crippen molar-refractivity contribution in [1.29, 1.82) is 0 Å². The molecule has 3 aromatic rings. The Bertz CT molecular complexity index is 979. The number of amides is 1. The lowest BCUT2D eigenvalue weighted by atomic mass is 10.1. The molecule has 1 atom stereocenters. The van der Waals surface area contributed by atoms with E-state index in [9.17, 15) is 4.79 Å². The van der Waals surface area contributed by atoms with Crippen LogP contribution in [0.1, 0.15) is 5.56 Å². The Balaban J connectivity index is 0.000000659. The standard InChI is InChI=1S/C19H14N2O2S.H3O2P/c22-19-20-15(4-3-11-23-19)12-13-7-9-14(10-8-13)18-21-16-5-1-2-6-17(16)24-18;1-3-2/h1-11H,12H2,(H,20,22);3H2,(H,1,2). The van der Waals surface area contributed by atoms with E-state index >= 15 is 0 Å². The number of thiazole rings is 1. The zero-order valence-electron chi connectivity index (χ0n) is 14.2. The molecule has 0 bridgehead atoms. The average Bonchev–Trinajstić information content (AvgIpc) is 3.00. The molecule has 2 heterocycles. The van der Waals surface area contributed by atoms with Crippen molar-refractivity contribution in [3.05, 3.63) is 78.2 Å². The molecule has 0 radical (unpaired) electrons. The van der Waals surface area contributed by atoms with E-state index in [2.05, 4.69) is 40.6 Å². The molecule has 0 fully saturated rings. The smallest absolute Gasteiger partial charge is 0.416 e. The third-order valence-corrected chi connectivity index (χ3v) is 4.79. The molecule has 1 aliphatic rings. The van der Waals surface area contributed by atoms with Crippen molar-refractivity contribution < 1.29 is 19.0 Å². The van der Waals surface area contributed by atoms with Crippen molar-refractivity contribution in [2.75, 3.05) is 0 Å². The number of ether oxygens (including phenoxy) is 1. The Morgan fingerprint density at radius 2 is 1.89 bits per heavy atom. The highest BCUT2D eigenvalue weighted by Crippen LogP contribution is 2.30. The van der Waals surface area contributed by atoms with Gasteiger partial charge >= 0.3 is 6.09 Å². The molecule has 6 nitrogen and oxygen atoms in total. The van der Waals surface area contributed by atoms with E-state index in [1.54, 1.807) is 17.4 Å². The quantitative estimate of drug-likeness (QED) is 0.640. The number of allylic oxidation sites excluding steroid dienone is 3. The fraction of sp³-hybridized carbons (Fsp3) is 0.0526. The number of nitrogens with one attached hydrogen (secondary N) is 1. The number of nitrogens with zero attached hydrogens (tertiary/aromatic N) is 1. The van der Waals surface area contributed by atoms with Crippen molar-refractivity contribution in [3.8, 4) is 10.6 Å². The number of fused-ring (bicyclic) bond motifs is 1. The van der Waals surface area contributed by atoms with Gasteiger partial charge in [0.2, 0.25) is 0 Å². The molecular weight excluding hydrogens is 383 g/mol. The predicted molar refractivity (Wildman–Crippen MR) is 108 cm³/mol. The number of rotatable bonds is 3. The number of alkyl carbamates (subject to hydrolysis) is 1. The zero-order valence-corrected chi connectivity index (χ0v) is 16.1. The van der Waals surface area contributed by atoms with Crippen molar-refractivity contribution in [3.63, 3.8) is 0 Å². The van der Waals surface area contributed by atoms with Crippen LogP contribution in [0, 0.1) is 0 Å². The van der Waals surface area contributed by atoms with Crippen LogP contribution >= 0.6 is 20.0 Å². The van der Waals surface area contributed by atoms with Crippen molar-refractivity contribution in [2.24, 2.45) is 0 Å². The van der Waals surface area contributed by atoms with E-state index in [0.29, 0.717) is 6.42 Å². The van der Waals surface area contributed by atoms with E-state index < -0.39 is 14.8 Å². The molecule has 8 heteroatoms. The zero-order chi connectivity index (χ0) is 19.1. The number of benzene rings is 2. The topological polar surface area (TPSA) is 88.5 Å². The summed E-state index contributed by atoms with van der Waals surface area (Å²) < 4.78 is 14.5.